The van der Waals surface area contributed by atoms with Crippen LogP contribution in [0.1, 0.15) is 18.4 Å². The highest BCUT2D eigenvalue weighted by Gasteiger charge is 2.22. The highest BCUT2D eigenvalue weighted by molar-refractivity contribution is 14.1. The van der Waals surface area contributed by atoms with Gasteiger partial charge >= 0.3 is 0 Å². The Hall–Kier alpha value is -0.250. The van der Waals surface area contributed by atoms with Crippen LogP contribution >= 0.6 is 22.9 Å². The van der Waals surface area contributed by atoms with Gasteiger partial charge in [-0.3, -0.25) is 0 Å². The quantitative estimate of drug-likeness (QED) is 0.511. The van der Waals surface area contributed by atoms with Crippen LogP contribution < -0.4 is 3.11 Å². The molecule has 0 saturated heterocycles. The highest BCUT2D eigenvalue weighted by atomic mass is 127. The largest absolute Gasteiger partial charge is 0.314 e. The Morgan fingerprint density at radius 2 is 2.18 bits per heavy atom. The van der Waals surface area contributed by atoms with Crippen LogP contribution in [0.4, 0.5) is 5.69 Å². The molecular weight excluding hydrogens is 249 g/mol. The number of nitrogens with zero attached hydrogens (tertiary/aromatic N) is 1. The van der Waals surface area contributed by atoms with Gasteiger partial charge < -0.3 is 3.11 Å². The highest BCUT2D eigenvalue weighted by Crippen LogP contribution is 2.37. The zero-order valence-corrected chi connectivity index (χ0v) is 8.58. The molecule has 0 amide bonds. The lowest BCUT2D eigenvalue weighted by Crippen LogP contribution is -2.05. The van der Waals surface area contributed by atoms with Gasteiger partial charge in [0.2, 0.25) is 0 Å². The Morgan fingerprint density at radius 1 is 1.45 bits per heavy atom. The van der Waals surface area contributed by atoms with E-state index >= 15 is 0 Å². The molecule has 1 nitrogen and oxygen atoms in total. The number of hydrogen-bond donors (Lipinski definition) is 0. The number of benzene rings is 1. The second-order valence-electron chi connectivity index (χ2n) is 3.00. The van der Waals surface area contributed by atoms with E-state index in [1.54, 1.807) is 0 Å². The van der Waals surface area contributed by atoms with Crippen molar-refractivity contribution in [3.05, 3.63) is 29.8 Å². The second kappa shape index (κ2) is 2.66. The average molecular weight is 259 g/mol. The molecule has 2 heteroatoms. The Labute approximate surface area is 80.9 Å². The van der Waals surface area contributed by atoms with Gasteiger partial charge in [-0.1, -0.05) is 25.1 Å². The summed E-state index contributed by atoms with van der Waals surface area (Å²) in [6.45, 7) is 3.43. The molecule has 0 aromatic heterocycles. The summed E-state index contributed by atoms with van der Waals surface area (Å²) in [4.78, 5) is 0. The van der Waals surface area contributed by atoms with Crippen molar-refractivity contribution < 1.29 is 0 Å². The first-order chi connectivity index (χ1) is 5.29. The first kappa shape index (κ1) is 7.40. The molecule has 0 N–H and O–H groups in total. The van der Waals surface area contributed by atoms with Gasteiger partial charge in [0, 0.05) is 18.2 Å². The van der Waals surface area contributed by atoms with Crippen LogP contribution in [-0.2, 0) is 0 Å². The first-order valence-electron chi connectivity index (χ1n) is 3.81. The smallest absolute Gasteiger partial charge is 0.0591 e. The minimum atomic E-state index is 0.697. The summed E-state index contributed by atoms with van der Waals surface area (Å²) in [5, 5.41) is 0. The predicted octanol–water partition coefficient (Wildman–Crippen LogP) is 2.96. The molecule has 1 aliphatic rings. The normalized spacial score (nSPS) is 22.0. The van der Waals surface area contributed by atoms with Gasteiger partial charge in [-0.25, -0.2) is 0 Å². The fourth-order valence-corrected chi connectivity index (χ4v) is 2.59. The molecule has 1 aromatic rings. The molecule has 0 fully saturated rings. The van der Waals surface area contributed by atoms with Gasteiger partial charge in [0.25, 0.3) is 0 Å². The monoisotopic (exact) mass is 259 g/mol. The summed E-state index contributed by atoms with van der Waals surface area (Å²) in [6.07, 6.45) is 0. The van der Waals surface area contributed by atoms with Gasteiger partial charge in [-0.15, -0.1) is 0 Å². The van der Waals surface area contributed by atoms with Crippen molar-refractivity contribution in [3.8, 4) is 0 Å². The molecule has 0 aliphatic carbocycles. The first-order valence-corrected chi connectivity index (χ1v) is 4.78. The van der Waals surface area contributed by atoms with Crippen LogP contribution in [0.2, 0.25) is 0 Å². The van der Waals surface area contributed by atoms with Crippen LogP contribution in [0.3, 0.4) is 0 Å². The molecule has 11 heavy (non-hydrogen) atoms. The lowest BCUT2D eigenvalue weighted by atomic mass is 10.0. The van der Waals surface area contributed by atoms with Crippen molar-refractivity contribution in [1.29, 1.82) is 0 Å². The maximum absolute atomic E-state index is 2.37. The van der Waals surface area contributed by atoms with Gasteiger partial charge in [-0.05, 0) is 11.6 Å². The lowest BCUT2D eigenvalue weighted by Gasteiger charge is -2.07. The maximum Gasteiger partial charge on any atom is 0.0591 e. The molecule has 1 heterocycles. The van der Waals surface area contributed by atoms with E-state index in [4.69, 9.17) is 0 Å². The van der Waals surface area contributed by atoms with Crippen LogP contribution in [0.25, 0.3) is 0 Å². The Balaban J connectivity index is 2.52. The van der Waals surface area contributed by atoms with E-state index in [0.29, 0.717) is 5.92 Å². The topological polar surface area (TPSA) is 3.24 Å². The van der Waals surface area contributed by atoms with Crippen molar-refractivity contribution >= 4 is 28.6 Å². The number of anilines is 1. The lowest BCUT2D eigenvalue weighted by molar-refractivity contribution is 0.840. The fraction of sp³-hybridized carbons (Fsp3) is 0.333. The van der Waals surface area contributed by atoms with Crippen LogP contribution in [0.15, 0.2) is 24.3 Å². The van der Waals surface area contributed by atoms with E-state index in [1.165, 1.54) is 11.3 Å². The number of rotatable bonds is 0. The summed E-state index contributed by atoms with van der Waals surface area (Å²) in [7, 11) is 0. The van der Waals surface area contributed by atoms with E-state index in [-0.39, 0.29) is 0 Å². The van der Waals surface area contributed by atoms with Crippen molar-refractivity contribution in [1.82, 2.24) is 0 Å². The standard InChI is InChI=1S/C9H10IN/c1-7-6-11(10)9-5-3-2-4-8(7)9/h2-5,7H,6H2,1H3. The van der Waals surface area contributed by atoms with Crippen molar-refractivity contribution in [3.63, 3.8) is 0 Å². The minimum absolute atomic E-state index is 0.697. The number of hydrogen-bond acceptors (Lipinski definition) is 1. The third-order valence-electron chi connectivity index (χ3n) is 2.16. The van der Waals surface area contributed by atoms with Crippen LogP contribution in [0.5, 0.6) is 0 Å². The number of fused-ring (bicyclic) bond motifs is 1. The van der Waals surface area contributed by atoms with Gasteiger partial charge in [-0.2, -0.15) is 0 Å². The predicted molar refractivity (Wildman–Crippen MR) is 56.2 cm³/mol. The zero-order valence-electron chi connectivity index (χ0n) is 6.42. The molecule has 1 unspecified atom stereocenters. The summed E-state index contributed by atoms with van der Waals surface area (Å²) in [5.74, 6) is 0.697. The van der Waals surface area contributed by atoms with Crippen LogP contribution in [0, 0.1) is 0 Å². The third-order valence-corrected chi connectivity index (χ3v) is 3.08. The summed E-state index contributed by atoms with van der Waals surface area (Å²) in [5.41, 5.74) is 2.88. The number of halogens is 1. The van der Waals surface area contributed by atoms with Crippen molar-refractivity contribution in [2.24, 2.45) is 0 Å². The fourth-order valence-electron chi connectivity index (χ4n) is 1.56. The van der Waals surface area contributed by atoms with Gasteiger partial charge in [0.05, 0.1) is 22.9 Å². The van der Waals surface area contributed by atoms with Crippen LogP contribution in [-0.4, -0.2) is 6.54 Å². The van der Waals surface area contributed by atoms with Crippen molar-refractivity contribution in [2.75, 3.05) is 9.66 Å². The second-order valence-corrected chi connectivity index (χ2v) is 4.17. The van der Waals surface area contributed by atoms with E-state index in [9.17, 15) is 0 Å². The molecule has 0 spiro atoms. The average Bonchev–Trinajstić information content (AvgIpc) is 2.30. The molecule has 1 aliphatic heterocycles. The third kappa shape index (κ3) is 1.13. The Kier molecular flexibility index (Phi) is 1.79. The van der Waals surface area contributed by atoms with Crippen molar-refractivity contribution in [2.45, 2.75) is 12.8 Å². The molecule has 0 radical (unpaired) electrons. The van der Waals surface area contributed by atoms with Gasteiger partial charge in [0.15, 0.2) is 0 Å². The summed E-state index contributed by atoms with van der Waals surface area (Å²) in [6, 6.07) is 8.62. The molecule has 0 bridgehead atoms. The molecule has 1 atom stereocenters. The molecule has 2 rings (SSSR count). The number of para-hydroxylation sites is 1. The van der Waals surface area contributed by atoms with E-state index in [0.717, 1.165) is 6.54 Å². The molecule has 0 saturated carbocycles. The SMILES string of the molecule is CC1CN(I)c2ccccc21. The van der Waals surface area contributed by atoms with E-state index in [2.05, 4.69) is 57.2 Å². The van der Waals surface area contributed by atoms with E-state index < -0.39 is 0 Å². The molecule has 58 valence electrons. The minimum Gasteiger partial charge on any atom is -0.314 e. The van der Waals surface area contributed by atoms with Gasteiger partial charge in [0.1, 0.15) is 0 Å². The summed E-state index contributed by atoms with van der Waals surface area (Å²) < 4.78 is 2.29. The molecular formula is C9H10IN. The Bertz CT molecular complexity index is 245. The summed E-state index contributed by atoms with van der Waals surface area (Å²) >= 11 is 2.37. The van der Waals surface area contributed by atoms with E-state index in [1.807, 2.05) is 0 Å². The molecule has 1 aromatic carbocycles. The Morgan fingerprint density at radius 3 is 2.91 bits per heavy atom. The maximum atomic E-state index is 2.37. The zero-order chi connectivity index (χ0) is 7.84.